The van der Waals surface area contributed by atoms with Gasteiger partial charge in [0.2, 0.25) is 0 Å². The van der Waals surface area contributed by atoms with Gasteiger partial charge in [0.15, 0.2) is 5.82 Å². The zero-order valence-corrected chi connectivity index (χ0v) is 16.5. The van der Waals surface area contributed by atoms with Crippen molar-refractivity contribution in [3.05, 3.63) is 66.5 Å². The Morgan fingerprint density at radius 3 is 2.41 bits per heavy atom. The van der Waals surface area contributed by atoms with E-state index >= 15 is 0 Å². The molecule has 5 rings (SSSR count). The molecule has 1 fully saturated rings. The highest BCUT2D eigenvalue weighted by Crippen LogP contribution is 2.39. The van der Waals surface area contributed by atoms with Crippen molar-refractivity contribution in [2.45, 2.75) is 18.4 Å². The Morgan fingerprint density at radius 2 is 1.66 bits per heavy atom. The smallest absolute Gasteiger partial charge is 0.159 e. The number of hydrogen-bond donors (Lipinski definition) is 2. The Hall–Kier alpha value is -3.03. The first kappa shape index (κ1) is 18.0. The van der Waals surface area contributed by atoms with Gasteiger partial charge in [-0.2, -0.15) is 0 Å². The summed E-state index contributed by atoms with van der Waals surface area (Å²) in [6.45, 7) is 1.36. The molecule has 1 aliphatic heterocycles. The maximum Gasteiger partial charge on any atom is 0.159 e. The van der Waals surface area contributed by atoms with Crippen molar-refractivity contribution in [1.82, 2.24) is 15.0 Å². The Balaban J connectivity index is 1.45. The standard InChI is InChI=1S/C22H20N4O2S/c27-17-9-5-4-8-16(17)20-25-18-19(23-14-24-21(18)29-20)26-12-10-22(28,11-13-26)15-6-2-1-3-7-15/h1-9,14,27-28H,10-13H2. The molecular formula is C22H20N4O2S. The molecule has 0 saturated carbocycles. The fraction of sp³-hybridized carbons (Fsp3) is 0.227. The Kier molecular flexibility index (Phi) is 4.41. The Labute approximate surface area is 172 Å². The molecule has 0 aliphatic carbocycles. The number of nitrogens with zero attached hydrogens (tertiary/aromatic N) is 4. The highest BCUT2D eigenvalue weighted by Gasteiger charge is 2.35. The molecule has 3 heterocycles. The van der Waals surface area contributed by atoms with Crippen molar-refractivity contribution < 1.29 is 10.2 Å². The van der Waals surface area contributed by atoms with Crippen LogP contribution in [0.15, 0.2) is 60.9 Å². The van der Waals surface area contributed by atoms with Crippen LogP contribution in [0.3, 0.4) is 0 Å². The number of aliphatic hydroxyl groups is 1. The van der Waals surface area contributed by atoms with Gasteiger partial charge in [0.1, 0.15) is 27.4 Å². The van der Waals surface area contributed by atoms with E-state index in [0.717, 1.165) is 26.7 Å². The van der Waals surface area contributed by atoms with Crippen LogP contribution in [0.25, 0.3) is 20.9 Å². The summed E-state index contributed by atoms with van der Waals surface area (Å²) in [7, 11) is 0. The molecular weight excluding hydrogens is 384 g/mol. The Bertz CT molecular complexity index is 1150. The molecule has 0 amide bonds. The molecule has 2 aromatic heterocycles. The average Bonchev–Trinajstić information content (AvgIpc) is 3.19. The number of thiazole rings is 1. The lowest BCUT2D eigenvalue weighted by Gasteiger charge is -2.39. The zero-order chi connectivity index (χ0) is 19.8. The third-order valence-electron chi connectivity index (χ3n) is 5.51. The molecule has 146 valence electrons. The van der Waals surface area contributed by atoms with Gasteiger partial charge in [-0.25, -0.2) is 15.0 Å². The summed E-state index contributed by atoms with van der Waals surface area (Å²) in [6.07, 6.45) is 2.81. The summed E-state index contributed by atoms with van der Waals surface area (Å²) in [5.41, 5.74) is 1.58. The number of anilines is 1. The van der Waals surface area contributed by atoms with Crippen LogP contribution in [0.4, 0.5) is 5.82 Å². The first-order chi connectivity index (χ1) is 14.1. The second kappa shape index (κ2) is 7.09. The predicted octanol–water partition coefficient (Wildman–Crippen LogP) is 3.95. The van der Waals surface area contributed by atoms with Crippen molar-refractivity contribution in [3.63, 3.8) is 0 Å². The molecule has 0 unspecified atom stereocenters. The second-order valence-corrected chi connectivity index (χ2v) is 8.25. The van der Waals surface area contributed by atoms with Gasteiger partial charge in [-0.1, -0.05) is 53.8 Å². The van der Waals surface area contributed by atoms with Crippen LogP contribution in [0.2, 0.25) is 0 Å². The SMILES string of the molecule is Oc1ccccc1-c1nc2c(N3CCC(O)(c4ccccc4)CC3)ncnc2s1. The van der Waals surface area contributed by atoms with E-state index < -0.39 is 5.60 Å². The number of rotatable bonds is 3. The predicted molar refractivity (Wildman–Crippen MR) is 114 cm³/mol. The quantitative estimate of drug-likeness (QED) is 0.538. The number of benzene rings is 2. The fourth-order valence-corrected chi connectivity index (χ4v) is 4.81. The first-order valence-electron chi connectivity index (χ1n) is 9.57. The van der Waals surface area contributed by atoms with Crippen molar-refractivity contribution in [2.24, 2.45) is 0 Å². The summed E-state index contributed by atoms with van der Waals surface area (Å²) in [5.74, 6) is 0.981. The summed E-state index contributed by atoms with van der Waals surface area (Å²) in [5, 5.41) is 22.0. The first-order valence-corrected chi connectivity index (χ1v) is 10.4. The minimum absolute atomic E-state index is 0.201. The summed E-state index contributed by atoms with van der Waals surface area (Å²) in [6, 6.07) is 17.0. The number of hydrogen-bond acceptors (Lipinski definition) is 7. The van der Waals surface area contributed by atoms with E-state index in [0.29, 0.717) is 31.5 Å². The largest absolute Gasteiger partial charge is 0.507 e. The molecule has 4 aromatic rings. The van der Waals surface area contributed by atoms with Crippen LogP contribution in [0.1, 0.15) is 18.4 Å². The lowest BCUT2D eigenvalue weighted by Crippen LogP contribution is -2.43. The van der Waals surface area contributed by atoms with E-state index in [2.05, 4.69) is 14.9 Å². The molecule has 7 heteroatoms. The van der Waals surface area contributed by atoms with Crippen molar-refractivity contribution in [1.29, 1.82) is 0 Å². The van der Waals surface area contributed by atoms with Crippen LogP contribution in [-0.4, -0.2) is 38.3 Å². The molecule has 2 N–H and O–H groups in total. The lowest BCUT2D eigenvalue weighted by atomic mass is 9.84. The monoisotopic (exact) mass is 404 g/mol. The van der Waals surface area contributed by atoms with Crippen LogP contribution in [0, 0.1) is 0 Å². The van der Waals surface area contributed by atoms with E-state index in [1.807, 2.05) is 42.5 Å². The van der Waals surface area contributed by atoms with Gasteiger partial charge in [0.05, 0.1) is 11.2 Å². The van der Waals surface area contributed by atoms with Gasteiger partial charge in [0.25, 0.3) is 0 Å². The van der Waals surface area contributed by atoms with E-state index in [9.17, 15) is 10.2 Å². The highest BCUT2D eigenvalue weighted by atomic mass is 32.1. The van der Waals surface area contributed by atoms with Gasteiger partial charge in [-0.05, 0) is 30.5 Å². The summed E-state index contributed by atoms with van der Waals surface area (Å²) >= 11 is 1.44. The third-order valence-corrected chi connectivity index (χ3v) is 6.51. The van der Waals surface area contributed by atoms with Crippen molar-refractivity contribution in [3.8, 4) is 16.3 Å². The molecule has 0 bridgehead atoms. The van der Waals surface area contributed by atoms with Crippen LogP contribution in [0.5, 0.6) is 5.75 Å². The van der Waals surface area contributed by atoms with E-state index in [1.54, 1.807) is 18.5 Å². The fourth-order valence-electron chi connectivity index (χ4n) is 3.87. The number of piperidine rings is 1. The van der Waals surface area contributed by atoms with Crippen LogP contribution < -0.4 is 4.90 Å². The number of aromatic hydroxyl groups is 1. The van der Waals surface area contributed by atoms with Gasteiger partial charge < -0.3 is 15.1 Å². The van der Waals surface area contributed by atoms with Crippen LogP contribution >= 0.6 is 11.3 Å². The molecule has 2 aromatic carbocycles. The maximum absolute atomic E-state index is 11.1. The highest BCUT2D eigenvalue weighted by molar-refractivity contribution is 7.21. The van der Waals surface area contributed by atoms with E-state index in [4.69, 9.17) is 4.98 Å². The van der Waals surface area contributed by atoms with Gasteiger partial charge in [0, 0.05) is 13.1 Å². The molecule has 0 radical (unpaired) electrons. The van der Waals surface area contributed by atoms with Gasteiger partial charge in [-0.15, -0.1) is 0 Å². The maximum atomic E-state index is 11.1. The number of para-hydroxylation sites is 1. The minimum Gasteiger partial charge on any atom is -0.507 e. The second-order valence-electron chi connectivity index (χ2n) is 7.27. The zero-order valence-electron chi connectivity index (χ0n) is 15.7. The molecule has 1 saturated heterocycles. The number of phenolic OH excluding ortho intramolecular Hbond substituents is 1. The number of aromatic nitrogens is 3. The van der Waals surface area contributed by atoms with Crippen molar-refractivity contribution in [2.75, 3.05) is 18.0 Å². The molecule has 0 spiro atoms. The molecule has 1 aliphatic rings. The number of phenols is 1. The van der Waals surface area contributed by atoms with Gasteiger partial charge in [-0.3, -0.25) is 0 Å². The summed E-state index contributed by atoms with van der Waals surface area (Å²) < 4.78 is 0. The topological polar surface area (TPSA) is 82.4 Å². The normalized spacial score (nSPS) is 16.2. The molecule has 6 nitrogen and oxygen atoms in total. The number of fused-ring (bicyclic) bond motifs is 1. The van der Waals surface area contributed by atoms with Gasteiger partial charge >= 0.3 is 0 Å². The van der Waals surface area contributed by atoms with E-state index in [1.165, 1.54) is 11.3 Å². The molecule has 29 heavy (non-hydrogen) atoms. The average molecular weight is 404 g/mol. The summed E-state index contributed by atoms with van der Waals surface area (Å²) in [4.78, 5) is 16.6. The lowest BCUT2D eigenvalue weighted by molar-refractivity contribution is 0.0117. The third kappa shape index (κ3) is 3.22. The Morgan fingerprint density at radius 1 is 0.931 bits per heavy atom. The van der Waals surface area contributed by atoms with E-state index in [-0.39, 0.29) is 5.75 Å². The van der Waals surface area contributed by atoms with Crippen molar-refractivity contribution >= 4 is 27.5 Å². The minimum atomic E-state index is -0.813. The van der Waals surface area contributed by atoms with Crippen LogP contribution in [-0.2, 0) is 5.60 Å². The molecule has 0 atom stereocenters.